The SMILES string of the molecule is CC(c1ccncc1)C1CC1. The Morgan fingerprint density at radius 1 is 1.36 bits per heavy atom. The minimum Gasteiger partial charge on any atom is -0.265 e. The fourth-order valence-corrected chi connectivity index (χ4v) is 1.54. The first kappa shape index (κ1) is 6.84. The zero-order chi connectivity index (χ0) is 7.68. The van der Waals surface area contributed by atoms with Gasteiger partial charge in [-0.05, 0) is 42.4 Å². The number of hydrogen-bond acceptors (Lipinski definition) is 1. The summed E-state index contributed by atoms with van der Waals surface area (Å²) in [5, 5.41) is 0. The monoisotopic (exact) mass is 147 g/mol. The minimum absolute atomic E-state index is 0.748. The molecule has 0 radical (unpaired) electrons. The molecule has 1 heterocycles. The molecule has 1 saturated carbocycles. The molecule has 0 bridgehead atoms. The van der Waals surface area contributed by atoms with Gasteiger partial charge in [0.05, 0.1) is 0 Å². The molecule has 1 atom stereocenters. The molecule has 1 nitrogen and oxygen atoms in total. The van der Waals surface area contributed by atoms with E-state index in [2.05, 4.69) is 24.0 Å². The Hall–Kier alpha value is -0.850. The summed E-state index contributed by atoms with van der Waals surface area (Å²) in [4.78, 5) is 4.01. The van der Waals surface area contributed by atoms with Crippen LogP contribution in [0.5, 0.6) is 0 Å². The van der Waals surface area contributed by atoms with E-state index in [4.69, 9.17) is 0 Å². The Morgan fingerprint density at radius 2 is 2.00 bits per heavy atom. The molecule has 1 aromatic rings. The van der Waals surface area contributed by atoms with Crippen LogP contribution in [0.1, 0.15) is 31.2 Å². The maximum atomic E-state index is 4.01. The highest BCUT2D eigenvalue weighted by atomic mass is 14.6. The van der Waals surface area contributed by atoms with Gasteiger partial charge in [0.1, 0.15) is 0 Å². The van der Waals surface area contributed by atoms with Crippen LogP contribution in [0, 0.1) is 5.92 Å². The molecule has 11 heavy (non-hydrogen) atoms. The van der Waals surface area contributed by atoms with Crippen molar-refractivity contribution in [3.8, 4) is 0 Å². The topological polar surface area (TPSA) is 12.9 Å². The molecule has 1 heteroatoms. The Balaban J connectivity index is 2.15. The number of hydrogen-bond donors (Lipinski definition) is 0. The maximum Gasteiger partial charge on any atom is 0.0270 e. The van der Waals surface area contributed by atoms with Gasteiger partial charge in [-0.25, -0.2) is 0 Å². The van der Waals surface area contributed by atoms with E-state index in [1.54, 1.807) is 0 Å². The summed E-state index contributed by atoms with van der Waals surface area (Å²) < 4.78 is 0. The van der Waals surface area contributed by atoms with Gasteiger partial charge < -0.3 is 0 Å². The van der Waals surface area contributed by atoms with Crippen LogP contribution in [0.15, 0.2) is 24.5 Å². The molecule has 0 N–H and O–H groups in total. The van der Waals surface area contributed by atoms with Crippen LogP contribution in [-0.2, 0) is 0 Å². The second kappa shape index (κ2) is 2.65. The van der Waals surface area contributed by atoms with Crippen LogP contribution in [0.25, 0.3) is 0 Å². The highest BCUT2D eigenvalue weighted by molar-refractivity contribution is 5.17. The molecule has 0 amide bonds. The molecule has 2 rings (SSSR count). The molecular formula is C10H13N. The average molecular weight is 147 g/mol. The molecule has 0 saturated heterocycles. The number of pyridine rings is 1. The number of rotatable bonds is 2. The van der Waals surface area contributed by atoms with E-state index in [1.165, 1.54) is 18.4 Å². The summed E-state index contributed by atoms with van der Waals surface area (Å²) >= 11 is 0. The van der Waals surface area contributed by atoms with Crippen molar-refractivity contribution in [2.45, 2.75) is 25.7 Å². The van der Waals surface area contributed by atoms with Gasteiger partial charge in [0, 0.05) is 12.4 Å². The lowest BCUT2D eigenvalue weighted by Gasteiger charge is -2.08. The van der Waals surface area contributed by atoms with Crippen LogP contribution in [0.3, 0.4) is 0 Å². The summed E-state index contributed by atoms with van der Waals surface area (Å²) in [6.45, 7) is 2.31. The number of aromatic nitrogens is 1. The molecule has 1 aromatic heterocycles. The predicted octanol–water partition coefficient (Wildman–Crippen LogP) is 2.60. The molecule has 1 unspecified atom stereocenters. The van der Waals surface area contributed by atoms with E-state index in [0.29, 0.717) is 0 Å². The minimum atomic E-state index is 0.748. The van der Waals surface area contributed by atoms with Crippen LogP contribution < -0.4 is 0 Å². The maximum absolute atomic E-state index is 4.01. The van der Waals surface area contributed by atoms with Crippen molar-refractivity contribution >= 4 is 0 Å². The highest BCUT2D eigenvalue weighted by Crippen LogP contribution is 2.41. The third-order valence-electron chi connectivity index (χ3n) is 2.56. The van der Waals surface area contributed by atoms with Gasteiger partial charge >= 0.3 is 0 Å². The van der Waals surface area contributed by atoms with E-state index in [-0.39, 0.29) is 0 Å². The molecule has 1 aliphatic rings. The van der Waals surface area contributed by atoms with Gasteiger partial charge in [-0.1, -0.05) is 6.92 Å². The van der Waals surface area contributed by atoms with E-state index >= 15 is 0 Å². The largest absolute Gasteiger partial charge is 0.265 e. The van der Waals surface area contributed by atoms with E-state index in [1.807, 2.05) is 12.4 Å². The summed E-state index contributed by atoms with van der Waals surface area (Å²) in [6, 6.07) is 4.26. The highest BCUT2D eigenvalue weighted by Gasteiger charge is 2.28. The first-order valence-electron chi connectivity index (χ1n) is 4.28. The predicted molar refractivity (Wildman–Crippen MR) is 45.4 cm³/mol. The molecule has 58 valence electrons. The van der Waals surface area contributed by atoms with Crippen molar-refractivity contribution in [3.05, 3.63) is 30.1 Å². The zero-order valence-corrected chi connectivity index (χ0v) is 6.83. The molecular weight excluding hydrogens is 134 g/mol. The lowest BCUT2D eigenvalue weighted by Crippen LogP contribution is -1.94. The van der Waals surface area contributed by atoms with Crippen LogP contribution in [0.2, 0.25) is 0 Å². The third kappa shape index (κ3) is 1.42. The smallest absolute Gasteiger partial charge is 0.0270 e. The first-order chi connectivity index (χ1) is 5.38. The van der Waals surface area contributed by atoms with Gasteiger partial charge in [-0.2, -0.15) is 0 Å². The molecule has 1 aliphatic carbocycles. The van der Waals surface area contributed by atoms with Crippen LogP contribution in [0.4, 0.5) is 0 Å². The Morgan fingerprint density at radius 3 is 2.55 bits per heavy atom. The van der Waals surface area contributed by atoms with E-state index in [9.17, 15) is 0 Å². The molecule has 0 aromatic carbocycles. The molecule has 1 fully saturated rings. The fourth-order valence-electron chi connectivity index (χ4n) is 1.54. The van der Waals surface area contributed by atoms with Gasteiger partial charge in [0.2, 0.25) is 0 Å². The van der Waals surface area contributed by atoms with Crippen molar-refractivity contribution in [2.75, 3.05) is 0 Å². The third-order valence-corrected chi connectivity index (χ3v) is 2.56. The number of nitrogens with zero attached hydrogens (tertiary/aromatic N) is 1. The van der Waals surface area contributed by atoms with Crippen LogP contribution >= 0.6 is 0 Å². The normalized spacial score (nSPS) is 19.7. The summed E-state index contributed by atoms with van der Waals surface area (Å²) in [5.74, 6) is 1.70. The van der Waals surface area contributed by atoms with Gasteiger partial charge in [0.25, 0.3) is 0 Å². The Bertz CT molecular complexity index is 226. The average Bonchev–Trinajstić information content (AvgIpc) is 2.87. The Kier molecular flexibility index (Phi) is 1.65. The van der Waals surface area contributed by atoms with Gasteiger partial charge in [-0.3, -0.25) is 4.98 Å². The Labute approximate surface area is 67.5 Å². The zero-order valence-electron chi connectivity index (χ0n) is 6.83. The first-order valence-corrected chi connectivity index (χ1v) is 4.28. The van der Waals surface area contributed by atoms with Crippen molar-refractivity contribution in [2.24, 2.45) is 5.92 Å². The van der Waals surface area contributed by atoms with Crippen molar-refractivity contribution < 1.29 is 0 Å². The quantitative estimate of drug-likeness (QED) is 0.626. The van der Waals surface area contributed by atoms with Gasteiger partial charge in [0.15, 0.2) is 0 Å². The standard InChI is InChI=1S/C10H13N/c1-8(9-2-3-9)10-4-6-11-7-5-10/h4-9H,2-3H2,1H3. The summed E-state index contributed by atoms with van der Waals surface area (Å²) in [6.07, 6.45) is 6.61. The fraction of sp³-hybridized carbons (Fsp3) is 0.500. The summed E-state index contributed by atoms with van der Waals surface area (Å²) in [7, 11) is 0. The van der Waals surface area contributed by atoms with Crippen LogP contribution in [-0.4, -0.2) is 4.98 Å². The van der Waals surface area contributed by atoms with E-state index in [0.717, 1.165) is 11.8 Å². The van der Waals surface area contributed by atoms with Gasteiger partial charge in [-0.15, -0.1) is 0 Å². The molecule has 0 spiro atoms. The second-order valence-electron chi connectivity index (χ2n) is 3.41. The lowest BCUT2D eigenvalue weighted by atomic mass is 9.98. The van der Waals surface area contributed by atoms with Crippen molar-refractivity contribution in [1.29, 1.82) is 0 Å². The van der Waals surface area contributed by atoms with Crippen molar-refractivity contribution in [1.82, 2.24) is 4.98 Å². The molecule has 0 aliphatic heterocycles. The summed E-state index contributed by atoms with van der Waals surface area (Å²) in [5.41, 5.74) is 1.45. The lowest BCUT2D eigenvalue weighted by molar-refractivity contribution is 0.663. The van der Waals surface area contributed by atoms with Crippen molar-refractivity contribution in [3.63, 3.8) is 0 Å². The second-order valence-corrected chi connectivity index (χ2v) is 3.41. The van der Waals surface area contributed by atoms with E-state index < -0.39 is 0 Å².